The van der Waals surface area contributed by atoms with E-state index in [1.165, 1.54) is 0 Å². The number of hydrogen-bond acceptors (Lipinski definition) is 4. The second kappa shape index (κ2) is 5.65. The van der Waals surface area contributed by atoms with Gasteiger partial charge in [-0.25, -0.2) is 14.8 Å². The molecule has 0 fully saturated rings. The number of fused-ring (bicyclic) bond motifs is 1. The third-order valence-corrected chi connectivity index (χ3v) is 4.10. The van der Waals surface area contributed by atoms with E-state index in [0.717, 1.165) is 41.9 Å². The Morgan fingerprint density at radius 2 is 2.29 bits per heavy atom. The molecule has 1 aromatic carbocycles. The third kappa shape index (κ3) is 2.67. The van der Waals surface area contributed by atoms with Crippen LogP contribution in [-0.2, 0) is 19.4 Å². The smallest absolute Gasteiger partial charge is 0.335 e. The molecule has 0 radical (unpaired) electrons. The SMILES string of the molecule is CCc1nc2ccc(C(=O)O)cc2n1CCc1cscn1. The Hall–Kier alpha value is -2.21. The minimum Gasteiger partial charge on any atom is -0.478 e. The van der Waals surface area contributed by atoms with Crippen LogP contribution in [0.3, 0.4) is 0 Å². The fourth-order valence-electron chi connectivity index (χ4n) is 2.41. The van der Waals surface area contributed by atoms with Gasteiger partial charge in [-0.2, -0.15) is 0 Å². The van der Waals surface area contributed by atoms with Gasteiger partial charge in [0, 0.05) is 24.8 Å². The number of aromatic carboxylic acids is 1. The van der Waals surface area contributed by atoms with Crippen molar-refractivity contribution in [2.24, 2.45) is 0 Å². The van der Waals surface area contributed by atoms with Crippen LogP contribution in [0.25, 0.3) is 11.0 Å². The standard InChI is InChI=1S/C15H15N3O2S/c1-2-14-17-12-4-3-10(15(19)20)7-13(12)18(14)6-5-11-8-21-9-16-11/h3-4,7-9H,2,5-6H2,1H3,(H,19,20). The van der Waals surface area contributed by atoms with Crippen LogP contribution in [0.5, 0.6) is 0 Å². The van der Waals surface area contributed by atoms with Crippen LogP contribution in [0, 0.1) is 0 Å². The van der Waals surface area contributed by atoms with E-state index < -0.39 is 5.97 Å². The summed E-state index contributed by atoms with van der Waals surface area (Å²) < 4.78 is 2.10. The van der Waals surface area contributed by atoms with E-state index in [0.29, 0.717) is 5.56 Å². The maximum Gasteiger partial charge on any atom is 0.335 e. The van der Waals surface area contributed by atoms with Crippen LogP contribution in [-0.4, -0.2) is 25.6 Å². The molecule has 2 aromatic heterocycles. The summed E-state index contributed by atoms with van der Waals surface area (Å²) in [4.78, 5) is 20.0. The molecule has 2 heterocycles. The first-order chi connectivity index (χ1) is 10.2. The van der Waals surface area contributed by atoms with Crippen molar-refractivity contribution in [3.63, 3.8) is 0 Å². The molecule has 0 unspecified atom stereocenters. The minimum atomic E-state index is -0.915. The lowest BCUT2D eigenvalue weighted by Crippen LogP contribution is -2.06. The highest BCUT2D eigenvalue weighted by atomic mass is 32.1. The summed E-state index contributed by atoms with van der Waals surface area (Å²) in [7, 11) is 0. The van der Waals surface area contributed by atoms with Crippen LogP contribution in [0.15, 0.2) is 29.1 Å². The molecule has 108 valence electrons. The second-order valence-electron chi connectivity index (χ2n) is 4.77. The number of hydrogen-bond donors (Lipinski definition) is 1. The summed E-state index contributed by atoms with van der Waals surface area (Å²) in [5.74, 6) is 0.0602. The summed E-state index contributed by atoms with van der Waals surface area (Å²) in [6.45, 7) is 2.81. The number of aromatic nitrogens is 3. The highest BCUT2D eigenvalue weighted by Crippen LogP contribution is 2.19. The Morgan fingerprint density at radius 1 is 1.43 bits per heavy atom. The summed E-state index contributed by atoms with van der Waals surface area (Å²) >= 11 is 1.58. The van der Waals surface area contributed by atoms with Crippen molar-refractivity contribution in [2.45, 2.75) is 26.3 Å². The minimum absolute atomic E-state index is 0.292. The van der Waals surface area contributed by atoms with Gasteiger partial charge in [0.1, 0.15) is 5.82 Å². The van der Waals surface area contributed by atoms with Crippen molar-refractivity contribution in [3.8, 4) is 0 Å². The number of thiazole rings is 1. The molecule has 3 aromatic rings. The molecular weight excluding hydrogens is 286 g/mol. The van der Waals surface area contributed by atoms with Gasteiger partial charge in [0.05, 0.1) is 27.8 Å². The molecule has 0 spiro atoms. The first-order valence-electron chi connectivity index (χ1n) is 6.78. The van der Waals surface area contributed by atoms with E-state index in [1.54, 1.807) is 29.5 Å². The van der Waals surface area contributed by atoms with Crippen LogP contribution < -0.4 is 0 Å². The monoisotopic (exact) mass is 301 g/mol. The van der Waals surface area contributed by atoms with Crippen molar-refractivity contribution in [2.75, 3.05) is 0 Å². The van der Waals surface area contributed by atoms with Crippen molar-refractivity contribution >= 4 is 28.3 Å². The van der Waals surface area contributed by atoms with Gasteiger partial charge in [0.25, 0.3) is 0 Å². The van der Waals surface area contributed by atoms with Crippen molar-refractivity contribution in [1.82, 2.24) is 14.5 Å². The first kappa shape index (κ1) is 13.8. The zero-order valence-electron chi connectivity index (χ0n) is 11.6. The molecule has 0 saturated heterocycles. The van der Waals surface area contributed by atoms with E-state index in [1.807, 2.05) is 10.9 Å². The summed E-state index contributed by atoms with van der Waals surface area (Å²) in [5.41, 5.74) is 4.89. The van der Waals surface area contributed by atoms with Crippen molar-refractivity contribution in [1.29, 1.82) is 0 Å². The molecule has 5 nitrogen and oxygen atoms in total. The molecule has 0 bridgehead atoms. The van der Waals surface area contributed by atoms with Gasteiger partial charge in [0.15, 0.2) is 0 Å². The molecule has 0 aliphatic heterocycles. The van der Waals surface area contributed by atoms with E-state index in [9.17, 15) is 4.79 Å². The van der Waals surface area contributed by atoms with Gasteiger partial charge < -0.3 is 9.67 Å². The van der Waals surface area contributed by atoms with E-state index in [4.69, 9.17) is 5.11 Å². The zero-order chi connectivity index (χ0) is 14.8. The van der Waals surface area contributed by atoms with Gasteiger partial charge in [-0.3, -0.25) is 0 Å². The topological polar surface area (TPSA) is 68.0 Å². The van der Waals surface area contributed by atoms with Crippen LogP contribution in [0.1, 0.15) is 28.8 Å². The number of aryl methyl sites for hydroxylation is 3. The maximum absolute atomic E-state index is 11.1. The summed E-state index contributed by atoms with van der Waals surface area (Å²) in [5, 5.41) is 11.2. The number of carboxylic acids is 1. The molecule has 0 saturated carbocycles. The molecule has 0 aliphatic rings. The molecule has 0 atom stereocenters. The number of benzene rings is 1. The third-order valence-electron chi connectivity index (χ3n) is 3.47. The molecular formula is C15H15N3O2S. The zero-order valence-corrected chi connectivity index (χ0v) is 12.4. The lowest BCUT2D eigenvalue weighted by atomic mass is 10.2. The van der Waals surface area contributed by atoms with E-state index in [-0.39, 0.29) is 0 Å². The predicted molar refractivity (Wildman–Crippen MR) is 81.9 cm³/mol. The molecule has 6 heteroatoms. The first-order valence-corrected chi connectivity index (χ1v) is 7.73. The molecule has 0 aliphatic carbocycles. The summed E-state index contributed by atoms with van der Waals surface area (Å²) in [6.07, 6.45) is 1.63. The van der Waals surface area contributed by atoms with Gasteiger partial charge >= 0.3 is 5.97 Å². The molecule has 3 rings (SSSR count). The van der Waals surface area contributed by atoms with Crippen molar-refractivity contribution in [3.05, 3.63) is 46.2 Å². The number of imidazole rings is 1. The Morgan fingerprint density at radius 3 is 2.95 bits per heavy atom. The van der Waals surface area contributed by atoms with E-state index >= 15 is 0 Å². The molecule has 21 heavy (non-hydrogen) atoms. The number of nitrogens with zero attached hydrogens (tertiary/aromatic N) is 3. The number of carbonyl (C=O) groups is 1. The Bertz CT molecular complexity index is 778. The van der Waals surface area contributed by atoms with Gasteiger partial charge in [-0.15, -0.1) is 11.3 Å². The highest BCUT2D eigenvalue weighted by molar-refractivity contribution is 7.07. The molecule has 1 N–H and O–H groups in total. The van der Waals surface area contributed by atoms with Crippen LogP contribution in [0.4, 0.5) is 0 Å². The normalized spacial score (nSPS) is 11.1. The Balaban J connectivity index is 2.00. The molecule has 0 amide bonds. The predicted octanol–water partition coefficient (Wildman–Crippen LogP) is 3.00. The van der Waals surface area contributed by atoms with Crippen LogP contribution in [0.2, 0.25) is 0 Å². The second-order valence-corrected chi connectivity index (χ2v) is 5.49. The quantitative estimate of drug-likeness (QED) is 0.786. The highest BCUT2D eigenvalue weighted by Gasteiger charge is 2.12. The largest absolute Gasteiger partial charge is 0.478 e. The van der Waals surface area contributed by atoms with Gasteiger partial charge in [-0.1, -0.05) is 6.92 Å². The van der Waals surface area contributed by atoms with Crippen LogP contribution >= 0.6 is 11.3 Å². The lowest BCUT2D eigenvalue weighted by Gasteiger charge is -2.07. The maximum atomic E-state index is 11.1. The lowest BCUT2D eigenvalue weighted by molar-refractivity contribution is 0.0697. The Kier molecular flexibility index (Phi) is 3.70. The van der Waals surface area contributed by atoms with Gasteiger partial charge in [0.2, 0.25) is 0 Å². The average molecular weight is 301 g/mol. The summed E-state index contributed by atoms with van der Waals surface area (Å²) in [6, 6.07) is 5.07. The fourth-order valence-corrected chi connectivity index (χ4v) is 3.01. The fraction of sp³-hybridized carbons (Fsp3) is 0.267. The van der Waals surface area contributed by atoms with Gasteiger partial charge in [-0.05, 0) is 18.2 Å². The Labute approximate surface area is 125 Å². The average Bonchev–Trinajstić information content (AvgIpc) is 3.11. The van der Waals surface area contributed by atoms with Crippen molar-refractivity contribution < 1.29 is 9.90 Å². The number of carboxylic acid groups (broad SMARTS) is 1. The van der Waals surface area contributed by atoms with E-state index in [2.05, 4.69) is 21.5 Å². The number of rotatable bonds is 5.